The molecule has 4 heteroatoms. The van der Waals surface area contributed by atoms with Crippen molar-refractivity contribution < 1.29 is 4.74 Å². The highest BCUT2D eigenvalue weighted by molar-refractivity contribution is 7.08. The first-order chi connectivity index (χ1) is 10.8. The molecular weight excluding hydrogens is 292 g/mol. The molecule has 4 rings (SSSR count). The molecule has 0 amide bonds. The molecule has 0 spiro atoms. The number of thiophene rings is 1. The molecule has 0 bridgehead atoms. The van der Waals surface area contributed by atoms with Gasteiger partial charge in [-0.2, -0.15) is 11.3 Å². The Bertz CT molecular complexity index is 685. The Balaban J connectivity index is 1.58. The fraction of sp³-hybridized carbons (Fsp3) is 0.333. The number of ether oxygens (including phenoxy) is 1. The second kappa shape index (κ2) is 5.78. The van der Waals surface area contributed by atoms with Crippen LogP contribution in [0.3, 0.4) is 0 Å². The van der Waals surface area contributed by atoms with Crippen molar-refractivity contribution in [2.45, 2.75) is 0 Å². The van der Waals surface area contributed by atoms with Gasteiger partial charge in [0.05, 0.1) is 0 Å². The van der Waals surface area contributed by atoms with Crippen molar-refractivity contribution in [3.63, 3.8) is 0 Å². The summed E-state index contributed by atoms with van der Waals surface area (Å²) in [6, 6.07) is 8.76. The molecule has 1 aromatic carbocycles. The van der Waals surface area contributed by atoms with Crippen molar-refractivity contribution in [1.29, 1.82) is 0 Å². The molecule has 0 aliphatic carbocycles. The van der Waals surface area contributed by atoms with Gasteiger partial charge in [-0.05, 0) is 53.2 Å². The van der Waals surface area contributed by atoms with Crippen LogP contribution in [0.15, 0.2) is 35.0 Å². The van der Waals surface area contributed by atoms with Crippen LogP contribution in [0.4, 0.5) is 5.69 Å². The quantitative estimate of drug-likeness (QED) is 0.845. The van der Waals surface area contributed by atoms with E-state index in [-0.39, 0.29) is 0 Å². The standard InChI is InChI=1S/C18H20N2OS/c1-19-5-7-20(8-6-19)17-3-2-14-10-16(12-21-18(14)11-17)15-4-9-22-13-15/h2-4,9-11,13H,5-8,12H2,1H3. The summed E-state index contributed by atoms with van der Waals surface area (Å²) in [5, 5.41) is 4.29. The summed E-state index contributed by atoms with van der Waals surface area (Å²) >= 11 is 1.73. The third kappa shape index (κ3) is 2.64. The van der Waals surface area contributed by atoms with E-state index in [0.717, 1.165) is 31.9 Å². The summed E-state index contributed by atoms with van der Waals surface area (Å²) in [7, 11) is 2.18. The topological polar surface area (TPSA) is 15.7 Å². The maximum absolute atomic E-state index is 6.01. The first kappa shape index (κ1) is 13.9. The maximum Gasteiger partial charge on any atom is 0.129 e. The zero-order valence-corrected chi connectivity index (χ0v) is 13.6. The number of hydrogen-bond donors (Lipinski definition) is 0. The predicted molar refractivity (Wildman–Crippen MR) is 93.8 cm³/mol. The minimum Gasteiger partial charge on any atom is -0.488 e. The van der Waals surface area contributed by atoms with Gasteiger partial charge in [-0.3, -0.25) is 0 Å². The summed E-state index contributed by atoms with van der Waals surface area (Å²) < 4.78 is 6.01. The molecule has 3 heterocycles. The van der Waals surface area contributed by atoms with Gasteiger partial charge in [0.25, 0.3) is 0 Å². The largest absolute Gasteiger partial charge is 0.488 e. The second-order valence-corrected chi connectivity index (χ2v) is 6.76. The number of likely N-dealkylation sites (N-methyl/N-ethyl adjacent to an activating group) is 1. The van der Waals surface area contributed by atoms with Crippen molar-refractivity contribution in [1.82, 2.24) is 4.90 Å². The number of anilines is 1. The van der Waals surface area contributed by atoms with Gasteiger partial charge in [0.15, 0.2) is 0 Å². The number of rotatable bonds is 2. The van der Waals surface area contributed by atoms with Crippen molar-refractivity contribution in [2.24, 2.45) is 0 Å². The fourth-order valence-corrected chi connectivity index (χ4v) is 3.71. The molecule has 0 atom stereocenters. The lowest BCUT2D eigenvalue weighted by Gasteiger charge is -2.34. The molecule has 2 aromatic rings. The normalized spacial score (nSPS) is 18.6. The third-order valence-corrected chi connectivity index (χ3v) is 5.15. The van der Waals surface area contributed by atoms with Crippen LogP contribution in [0.1, 0.15) is 11.1 Å². The minimum absolute atomic E-state index is 0.663. The summed E-state index contributed by atoms with van der Waals surface area (Å²) in [6.45, 7) is 5.09. The summed E-state index contributed by atoms with van der Waals surface area (Å²) in [5.74, 6) is 1.01. The molecule has 0 saturated carbocycles. The average molecular weight is 312 g/mol. The first-order valence-electron chi connectivity index (χ1n) is 7.73. The highest BCUT2D eigenvalue weighted by Gasteiger charge is 2.18. The van der Waals surface area contributed by atoms with E-state index in [4.69, 9.17) is 4.74 Å². The van der Waals surface area contributed by atoms with E-state index in [1.165, 1.54) is 22.4 Å². The van der Waals surface area contributed by atoms with E-state index < -0.39 is 0 Å². The third-order valence-electron chi connectivity index (χ3n) is 4.47. The van der Waals surface area contributed by atoms with Gasteiger partial charge < -0.3 is 14.5 Å². The molecule has 0 N–H and O–H groups in total. The minimum atomic E-state index is 0.663. The number of benzene rings is 1. The Morgan fingerprint density at radius 1 is 1.09 bits per heavy atom. The number of hydrogen-bond acceptors (Lipinski definition) is 4. The van der Waals surface area contributed by atoms with E-state index >= 15 is 0 Å². The lowest BCUT2D eigenvalue weighted by atomic mass is 10.0. The van der Waals surface area contributed by atoms with Crippen LogP contribution in [0.25, 0.3) is 11.6 Å². The van der Waals surface area contributed by atoms with Gasteiger partial charge in [-0.1, -0.05) is 0 Å². The molecule has 3 nitrogen and oxygen atoms in total. The summed E-state index contributed by atoms with van der Waals surface area (Å²) in [5.41, 5.74) is 5.00. The Kier molecular flexibility index (Phi) is 3.64. The van der Waals surface area contributed by atoms with Crippen molar-refractivity contribution in [3.05, 3.63) is 46.2 Å². The lowest BCUT2D eigenvalue weighted by Crippen LogP contribution is -2.44. The molecule has 114 valence electrons. The van der Waals surface area contributed by atoms with Gasteiger partial charge in [0.1, 0.15) is 12.4 Å². The Morgan fingerprint density at radius 3 is 2.73 bits per heavy atom. The molecule has 0 unspecified atom stereocenters. The van der Waals surface area contributed by atoms with E-state index in [0.29, 0.717) is 6.61 Å². The fourth-order valence-electron chi connectivity index (χ4n) is 3.03. The summed E-state index contributed by atoms with van der Waals surface area (Å²) in [4.78, 5) is 4.82. The van der Waals surface area contributed by atoms with Crippen LogP contribution in [-0.2, 0) is 0 Å². The monoisotopic (exact) mass is 312 g/mol. The maximum atomic E-state index is 6.01. The van der Waals surface area contributed by atoms with E-state index in [9.17, 15) is 0 Å². The zero-order valence-electron chi connectivity index (χ0n) is 12.8. The van der Waals surface area contributed by atoms with Crippen LogP contribution < -0.4 is 9.64 Å². The molecule has 0 radical (unpaired) electrons. The Morgan fingerprint density at radius 2 is 1.95 bits per heavy atom. The Hall–Kier alpha value is -1.78. The van der Waals surface area contributed by atoms with Gasteiger partial charge in [0, 0.05) is 43.5 Å². The highest BCUT2D eigenvalue weighted by Crippen LogP contribution is 2.34. The molecule has 2 aliphatic rings. The molecular formula is C18H20N2OS. The van der Waals surface area contributed by atoms with Gasteiger partial charge in [-0.15, -0.1) is 0 Å². The number of piperazine rings is 1. The molecule has 1 saturated heterocycles. The van der Waals surface area contributed by atoms with Crippen LogP contribution >= 0.6 is 11.3 Å². The first-order valence-corrected chi connectivity index (χ1v) is 8.67. The smallest absolute Gasteiger partial charge is 0.129 e. The highest BCUT2D eigenvalue weighted by atomic mass is 32.1. The molecule has 2 aliphatic heterocycles. The van der Waals surface area contributed by atoms with Crippen LogP contribution in [0.2, 0.25) is 0 Å². The van der Waals surface area contributed by atoms with Crippen molar-refractivity contribution in [3.8, 4) is 5.75 Å². The molecule has 1 aromatic heterocycles. The van der Waals surface area contributed by atoms with Crippen LogP contribution in [-0.4, -0.2) is 44.7 Å². The Labute approximate surface area is 135 Å². The van der Waals surface area contributed by atoms with Crippen molar-refractivity contribution in [2.75, 3.05) is 44.7 Å². The van der Waals surface area contributed by atoms with E-state index in [1.807, 2.05) is 0 Å². The number of fused-ring (bicyclic) bond motifs is 1. The van der Waals surface area contributed by atoms with Crippen molar-refractivity contribution >= 4 is 28.7 Å². The van der Waals surface area contributed by atoms with E-state index in [1.54, 1.807) is 11.3 Å². The van der Waals surface area contributed by atoms with Gasteiger partial charge >= 0.3 is 0 Å². The molecule has 22 heavy (non-hydrogen) atoms. The van der Waals surface area contributed by atoms with Crippen LogP contribution in [0, 0.1) is 0 Å². The summed E-state index contributed by atoms with van der Waals surface area (Å²) in [6.07, 6.45) is 2.26. The SMILES string of the molecule is CN1CCN(c2ccc3c(c2)OCC(c2ccsc2)=C3)CC1. The zero-order chi connectivity index (χ0) is 14.9. The second-order valence-electron chi connectivity index (χ2n) is 5.98. The van der Waals surface area contributed by atoms with Gasteiger partial charge in [-0.25, -0.2) is 0 Å². The average Bonchev–Trinajstić information content (AvgIpc) is 3.09. The number of nitrogens with zero attached hydrogens (tertiary/aromatic N) is 2. The predicted octanol–water partition coefficient (Wildman–Crippen LogP) is 3.43. The lowest BCUT2D eigenvalue weighted by molar-refractivity contribution is 0.312. The van der Waals surface area contributed by atoms with Gasteiger partial charge in [0.2, 0.25) is 0 Å². The van der Waals surface area contributed by atoms with E-state index in [2.05, 4.69) is 57.9 Å². The van der Waals surface area contributed by atoms with Crippen LogP contribution in [0.5, 0.6) is 5.75 Å². The molecule has 1 fully saturated rings.